The summed E-state index contributed by atoms with van der Waals surface area (Å²) in [6.45, 7) is 11.7. The Hall–Kier alpha value is -4.11. The number of allylic oxidation sites excluding steroid dienone is 1. The lowest BCUT2D eigenvalue weighted by atomic mass is 9.95. The number of carbonyl (C=O) groups is 2. The van der Waals surface area contributed by atoms with E-state index in [-0.39, 0.29) is 24.3 Å². The second-order valence-electron chi connectivity index (χ2n) is 9.67. The van der Waals surface area contributed by atoms with Crippen LogP contribution in [-0.2, 0) is 19.1 Å². The van der Waals surface area contributed by atoms with Gasteiger partial charge in [0.15, 0.2) is 34.4 Å². The normalized spacial score (nSPS) is 14.2. The van der Waals surface area contributed by atoms with Gasteiger partial charge in [0.05, 0.1) is 52.3 Å². The van der Waals surface area contributed by atoms with Crippen LogP contribution < -0.4 is 33.8 Å². The average Bonchev–Trinajstić information content (AvgIpc) is 3.33. The first-order valence-corrected chi connectivity index (χ1v) is 16.4. The molecule has 1 aromatic heterocycles. The molecule has 13 heteroatoms. The summed E-state index contributed by atoms with van der Waals surface area (Å²) >= 11 is 3.38. The Morgan fingerprint density at radius 2 is 1.76 bits per heavy atom. The maximum Gasteiger partial charge on any atom is 0.343 e. The summed E-state index contributed by atoms with van der Waals surface area (Å²) in [4.78, 5) is 44.3. The van der Waals surface area contributed by atoms with Gasteiger partial charge in [-0.2, -0.15) is 0 Å². The average molecular weight is 763 g/mol. The Kier molecular flexibility index (Phi) is 12.0. The van der Waals surface area contributed by atoms with Crippen LogP contribution >= 0.6 is 33.9 Å². The number of hydrogen-bond acceptors (Lipinski definition) is 11. The van der Waals surface area contributed by atoms with E-state index in [2.05, 4.69) is 38.9 Å². The Balaban J connectivity index is 1.89. The molecule has 1 aliphatic heterocycles. The number of ether oxygens (including phenoxy) is 6. The molecule has 0 amide bonds. The van der Waals surface area contributed by atoms with Crippen LogP contribution in [-0.4, -0.2) is 56.6 Å². The number of aromatic nitrogens is 1. The molecule has 0 saturated heterocycles. The van der Waals surface area contributed by atoms with Crippen molar-refractivity contribution in [2.75, 3.05) is 40.1 Å². The zero-order valence-electron chi connectivity index (χ0n) is 26.2. The van der Waals surface area contributed by atoms with Crippen molar-refractivity contribution in [2.24, 2.45) is 4.99 Å². The smallest absolute Gasteiger partial charge is 0.343 e. The Labute approximate surface area is 283 Å². The van der Waals surface area contributed by atoms with E-state index in [9.17, 15) is 14.4 Å². The van der Waals surface area contributed by atoms with E-state index < -0.39 is 18.0 Å². The lowest BCUT2D eigenvalue weighted by Crippen LogP contribution is -2.40. The highest BCUT2D eigenvalue weighted by Crippen LogP contribution is 2.37. The fourth-order valence-corrected chi connectivity index (χ4v) is 6.58. The van der Waals surface area contributed by atoms with Crippen molar-refractivity contribution < 1.29 is 38.0 Å². The second kappa shape index (κ2) is 15.9. The lowest BCUT2D eigenvalue weighted by molar-refractivity contribution is -0.143. The van der Waals surface area contributed by atoms with Gasteiger partial charge in [0, 0.05) is 0 Å². The van der Waals surface area contributed by atoms with Gasteiger partial charge in [-0.25, -0.2) is 14.6 Å². The molecule has 0 bridgehead atoms. The number of rotatable bonds is 14. The predicted octanol–water partition coefficient (Wildman–Crippen LogP) is 4.32. The predicted molar refractivity (Wildman–Crippen MR) is 182 cm³/mol. The maximum absolute atomic E-state index is 14.2. The Morgan fingerprint density at radius 1 is 1.02 bits per heavy atom. The first-order chi connectivity index (χ1) is 22.2. The molecule has 4 rings (SSSR count). The standard InChI is InChI=1S/C33H35IN2O9S/c1-7-13-44-30-22(34)14-20(15-25(30)42-9-3)16-26-31(38)36-29(28(32(39)43-10-4)19(5)35-33(36)46-26)21-11-12-23(24(17-21)41-8-2)45-18-27(37)40-6/h7,11-12,14-17,29H,1,8-10,13,18H2,2-6H3/b26-16+/t29-/m1/s1. The van der Waals surface area contributed by atoms with Gasteiger partial charge in [0.1, 0.15) is 6.61 Å². The molecule has 3 aromatic rings. The third-order valence-corrected chi connectivity index (χ3v) is 8.43. The largest absolute Gasteiger partial charge is 0.490 e. The minimum Gasteiger partial charge on any atom is -0.490 e. The van der Waals surface area contributed by atoms with Gasteiger partial charge < -0.3 is 28.4 Å². The van der Waals surface area contributed by atoms with Crippen LogP contribution in [0.4, 0.5) is 0 Å². The van der Waals surface area contributed by atoms with E-state index in [0.717, 1.165) is 9.13 Å². The van der Waals surface area contributed by atoms with Crippen molar-refractivity contribution in [1.29, 1.82) is 0 Å². The van der Waals surface area contributed by atoms with Gasteiger partial charge in [-0.1, -0.05) is 30.1 Å². The van der Waals surface area contributed by atoms with Crippen molar-refractivity contribution in [2.45, 2.75) is 33.7 Å². The van der Waals surface area contributed by atoms with Crippen LogP contribution in [0.15, 0.2) is 64.0 Å². The minimum atomic E-state index is -0.875. The molecular weight excluding hydrogens is 727 g/mol. The highest BCUT2D eigenvalue weighted by molar-refractivity contribution is 14.1. The molecule has 0 aliphatic carbocycles. The number of carbonyl (C=O) groups excluding carboxylic acids is 2. The van der Waals surface area contributed by atoms with Gasteiger partial charge >= 0.3 is 11.9 Å². The molecule has 2 heterocycles. The highest BCUT2D eigenvalue weighted by atomic mass is 127. The molecule has 0 spiro atoms. The number of benzene rings is 2. The van der Waals surface area contributed by atoms with Crippen LogP contribution in [0.25, 0.3) is 6.08 Å². The van der Waals surface area contributed by atoms with Gasteiger partial charge in [-0.05, 0) is 91.8 Å². The van der Waals surface area contributed by atoms with E-state index >= 15 is 0 Å². The van der Waals surface area contributed by atoms with Crippen molar-refractivity contribution in [3.8, 4) is 23.0 Å². The van der Waals surface area contributed by atoms with E-state index in [1.807, 2.05) is 26.0 Å². The first-order valence-electron chi connectivity index (χ1n) is 14.5. The van der Waals surface area contributed by atoms with Crippen LogP contribution in [0.2, 0.25) is 0 Å². The second-order valence-corrected chi connectivity index (χ2v) is 11.8. The van der Waals surface area contributed by atoms with Gasteiger partial charge in [-0.15, -0.1) is 0 Å². The summed E-state index contributed by atoms with van der Waals surface area (Å²) in [6.07, 6.45) is 3.42. The zero-order chi connectivity index (χ0) is 33.4. The van der Waals surface area contributed by atoms with E-state index in [4.69, 9.17) is 23.7 Å². The van der Waals surface area contributed by atoms with E-state index in [1.54, 1.807) is 44.2 Å². The number of thiazole rings is 1. The molecule has 0 radical (unpaired) electrons. The Morgan fingerprint density at radius 3 is 2.43 bits per heavy atom. The van der Waals surface area contributed by atoms with E-state index in [0.29, 0.717) is 63.4 Å². The molecule has 0 saturated carbocycles. The molecule has 0 N–H and O–H groups in total. The number of halogens is 1. The molecule has 2 aromatic carbocycles. The number of nitrogens with zero attached hydrogens (tertiary/aromatic N) is 2. The van der Waals surface area contributed by atoms with Crippen LogP contribution in [0.5, 0.6) is 23.0 Å². The van der Waals surface area contributed by atoms with Crippen LogP contribution in [0, 0.1) is 3.57 Å². The van der Waals surface area contributed by atoms with Crippen LogP contribution in [0.3, 0.4) is 0 Å². The molecule has 11 nitrogen and oxygen atoms in total. The SMILES string of the molecule is C=CCOc1c(I)cc(/C=c2/sc3n(c2=O)[C@H](c2ccc(OCC(=O)OC)c(OCC)c2)C(C(=O)OCC)=C(C)N=3)cc1OCC. The van der Waals surface area contributed by atoms with Crippen molar-refractivity contribution >= 4 is 51.9 Å². The van der Waals surface area contributed by atoms with Crippen molar-refractivity contribution in [3.05, 3.63) is 88.6 Å². The number of hydrogen-bond donors (Lipinski definition) is 0. The van der Waals surface area contributed by atoms with Gasteiger partial charge in [0.25, 0.3) is 5.56 Å². The zero-order valence-corrected chi connectivity index (χ0v) is 29.2. The molecule has 1 aliphatic rings. The van der Waals surface area contributed by atoms with Crippen LogP contribution in [0.1, 0.15) is 44.9 Å². The fraction of sp³-hybridized carbons (Fsp3) is 0.333. The lowest BCUT2D eigenvalue weighted by Gasteiger charge is -2.25. The molecule has 244 valence electrons. The summed E-state index contributed by atoms with van der Waals surface area (Å²) in [5.41, 5.74) is 1.61. The van der Waals surface area contributed by atoms with Crippen molar-refractivity contribution in [3.63, 3.8) is 0 Å². The Bertz CT molecular complexity index is 1840. The fourth-order valence-electron chi connectivity index (χ4n) is 4.75. The summed E-state index contributed by atoms with van der Waals surface area (Å²) in [6, 6.07) is 7.87. The molecule has 0 fully saturated rings. The highest BCUT2D eigenvalue weighted by Gasteiger charge is 2.34. The third kappa shape index (κ3) is 7.64. The molecule has 1 atom stereocenters. The topological polar surface area (TPSA) is 124 Å². The number of methoxy groups -OCH3 is 1. The third-order valence-electron chi connectivity index (χ3n) is 6.65. The first kappa shape index (κ1) is 34.8. The van der Waals surface area contributed by atoms with Gasteiger partial charge in [0.2, 0.25) is 0 Å². The van der Waals surface area contributed by atoms with E-state index in [1.165, 1.54) is 23.0 Å². The summed E-state index contributed by atoms with van der Waals surface area (Å²) in [7, 11) is 1.27. The van der Waals surface area contributed by atoms with Crippen molar-refractivity contribution in [1.82, 2.24) is 4.57 Å². The summed E-state index contributed by atoms with van der Waals surface area (Å²) < 4.78 is 35.9. The monoisotopic (exact) mass is 762 g/mol. The molecule has 0 unspecified atom stereocenters. The number of esters is 2. The minimum absolute atomic E-state index is 0.143. The quantitative estimate of drug-likeness (QED) is 0.134. The number of fused-ring (bicyclic) bond motifs is 1. The summed E-state index contributed by atoms with van der Waals surface area (Å²) in [5.74, 6) is 0.649. The molecular formula is C33H35IN2O9S. The molecule has 46 heavy (non-hydrogen) atoms. The summed E-state index contributed by atoms with van der Waals surface area (Å²) in [5, 5.41) is 0. The van der Waals surface area contributed by atoms with Gasteiger partial charge in [-0.3, -0.25) is 9.36 Å². The maximum atomic E-state index is 14.2.